The van der Waals surface area contributed by atoms with Crippen molar-refractivity contribution < 1.29 is 9.59 Å². The van der Waals surface area contributed by atoms with Gasteiger partial charge >= 0.3 is 0 Å². The smallest absolute Gasteiger partial charge is 0.255 e. The number of carbonyl (C=O) groups excluding carboxylic acids is 2. The number of amides is 2. The number of anilines is 2. The Bertz CT molecular complexity index is 969. The van der Waals surface area contributed by atoms with Crippen LogP contribution in [0.5, 0.6) is 0 Å². The third kappa shape index (κ3) is 4.58. The Morgan fingerprint density at radius 2 is 1.27 bits per heavy atom. The van der Waals surface area contributed by atoms with Gasteiger partial charge in [-0.2, -0.15) is 0 Å². The maximum absolute atomic E-state index is 12.4. The van der Waals surface area contributed by atoms with Crippen molar-refractivity contribution >= 4 is 39.1 Å². The van der Waals surface area contributed by atoms with Crippen molar-refractivity contribution in [1.29, 1.82) is 0 Å². The molecule has 4 nitrogen and oxygen atoms in total. The fraction of sp³-hybridized carbons (Fsp3) is 0.0476. The summed E-state index contributed by atoms with van der Waals surface area (Å²) in [4.78, 5) is 24.8. The molecule has 0 saturated heterocycles. The van der Waals surface area contributed by atoms with E-state index in [1.807, 2.05) is 49.4 Å². The molecule has 3 rings (SSSR count). The van der Waals surface area contributed by atoms with Gasteiger partial charge in [0.1, 0.15) is 0 Å². The minimum absolute atomic E-state index is 0.210. The molecule has 0 atom stereocenters. The Morgan fingerprint density at radius 3 is 1.88 bits per heavy atom. The second-order valence-corrected chi connectivity index (χ2v) is 6.78. The quantitative estimate of drug-likeness (QED) is 0.618. The summed E-state index contributed by atoms with van der Waals surface area (Å²) in [6.45, 7) is 1.93. The van der Waals surface area contributed by atoms with E-state index in [9.17, 15) is 9.59 Å². The van der Waals surface area contributed by atoms with Crippen LogP contribution in [0.1, 0.15) is 26.3 Å². The second kappa shape index (κ2) is 7.97. The highest BCUT2D eigenvalue weighted by Gasteiger charge is 2.10. The van der Waals surface area contributed by atoms with Gasteiger partial charge in [0.25, 0.3) is 11.8 Å². The molecule has 0 aliphatic heterocycles. The van der Waals surface area contributed by atoms with E-state index in [0.717, 1.165) is 10.0 Å². The van der Waals surface area contributed by atoms with Gasteiger partial charge in [-0.15, -0.1) is 0 Å². The highest BCUT2D eigenvalue weighted by atomic mass is 79.9. The normalized spacial score (nSPS) is 10.2. The molecule has 2 amide bonds. The Morgan fingerprint density at radius 1 is 0.731 bits per heavy atom. The van der Waals surface area contributed by atoms with Crippen LogP contribution < -0.4 is 10.6 Å². The molecule has 0 spiro atoms. The lowest BCUT2D eigenvalue weighted by Gasteiger charge is -2.09. The average molecular weight is 409 g/mol. The topological polar surface area (TPSA) is 58.2 Å². The number of aryl methyl sites for hydroxylation is 1. The summed E-state index contributed by atoms with van der Waals surface area (Å²) >= 11 is 3.38. The molecule has 26 heavy (non-hydrogen) atoms. The molecule has 0 radical (unpaired) electrons. The molecular weight excluding hydrogens is 392 g/mol. The zero-order valence-corrected chi connectivity index (χ0v) is 15.7. The number of benzene rings is 3. The van der Waals surface area contributed by atoms with E-state index in [-0.39, 0.29) is 11.8 Å². The molecule has 2 N–H and O–H groups in total. The lowest BCUT2D eigenvalue weighted by Crippen LogP contribution is -2.14. The summed E-state index contributed by atoms with van der Waals surface area (Å²) in [7, 11) is 0. The van der Waals surface area contributed by atoms with Gasteiger partial charge in [0.2, 0.25) is 0 Å². The fourth-order valence-electron chi connectivity index (χ4n) is 2.50. The van der Waals surface area contributed by atoms with Crippen molar-refractivity contribution in [3.63, 3.8) is 0 Å². The number of rotatable bonds is 4. The second-order valence-electron chi connectivity index (χ2n) is 5.87. The van der Waals surface area contributed by atoms with Crippen LogP contribution in [-0.2, 0) is 0 Å². The molecule has 5 heteroatoms. The first kappa shape index (κ1) is 17.9. The summed E-state index contributed by atoms with van der Waals surface area (Å²) in [5.74, 6) is -0.451. The summed E-state index contributed by atoms with van der Waals surface area (Å²) in [5.41, 5.74) is 3.32. The Hall–Kier alpha value is -2.92. The van der Waals surface area contributed by atoms with Crippen molar-refractivity contribution in [2.45, 2.75) is 6.92 Å². The monoisotopic (exact) mass is 408 g/mol. The third-order valence-corrected chi connectivity index (χ3v) is 4.24. The van der Waals surface area contributed by atoms with Gasteiger partial charge in [0, 0.05) is 27.0 Å². The van der Waals surface area contributed by atoms with Gasteiger partial charge in [0.15, 0.2) is 0 Å². The highest BCUT2D eigenvalue weighted by molar-refractivity contribution is 9.10. The van der Waals surface area contributed by atoms with Crippen molar-refractivity contribution in [2.75, 3.05) is 10.6 Å². The first-order valence-electron chi connectivity index (χ1n) is 8.06. The van der Waals surface area contributed by atoms with E-state index in [1.54, 1.807) is 30.3 Å². The van der Waals surface area contributed by atoms with E-state index >= 15 is 0 Å². The first-order chi connectivity index (χ1) is 12.5. The average Bonchev–Trinajstić information content (AvgIpc) is 2.62. The van der Waals surface area contributed by atoms with E-state index in [4.69, 9.17) is 0 Å². The Kier molecular flexibility index (Phi) is 5.49. The molecule has 0 bridgehead atoms. The summed E-state index contributed by atoms with van der Waals surface area (Å²) in [6.07, 6.45) is 0. The van der Waals surface area contributed by atoms with Crippen molar-refractivity contribution in [2.24, 2.45) is 0 Å². The Balaban J connectivity index is 1.73. The number of hydrogen-bond acceptors (Lipinski definition) is 2. The molecule has 0 saturated carbocycles. The van der Waals surface area contributed by atoms with Gasteiger partial charge in [-0.1, -0.05) is 45.8 Å². The molecule has 130 valence electrons. The van der Waals surface area contributed by atoms with E-state index in [2.05, 4.69) is 26.6 Å². The molecular formula is C21H17BrN2O2. The van der Waals surface area contributed by atoms with Crippen LogP contribution in [0.3, 0.4) is 0 Å². The maximum atomic E-state index is 12.4. The minimum atomic E-state index is -0.241. The van der Waals surface area contributed by atoms with E-state index < -0.39 is 0 Å². The Labute approximate surface area is 160 Å². The van der Waals surface area contributed by atoms with Crippen LogP contribution in [0.25, 0.3) is 0 Å². The molecule has 0 fully saturated rings. The zero-order valence-electron chi connectivity index (χ0n) is 14.1. The van der Waals surface area contributed by atoms with Crippen molar-refractivity contribution in [3.8, 4) is 0 Å². The molecule has 0 aliphatic rings. The van der Waals surface area contributed by atoms with Crippen LogP contribution in [0.4, 0.5) is 11.4 Å². The number of halogens is 1. The molecule has 0 unspecified atom stereocenters. The summed E-state index contributed by atoms with van der Waals surface area (Å²) < 4.78 is 0.884. The third-order valence-electron chi connectivity index (χ3n) is 3.75. The SMILES string of the molecule is Cc1cccc(C(=O)Nc2cccc(C(=O)Nc3cccc(Br)c3)c2)c1. The standard InChI is InChI=1S/C21H17BrN2O2/c1-14-5-2-6-15(11-14)20(25)23-18-9-3-7-16(12-18)21(26)24-19-10-4-8-17(22)13-19/h2-13H,1H3,(H,23,25)(H,24,26). The predicted molar refractivity (Wildman–Crippen MR) is 108 cm³/mol. The number of hydrogen-bond donors (Lipinski definition) is 2. The van der Waals surface area contributed by atoms with Crippen LogP contribution in [0.2, 0.25) is 0 Å². The summed E-state index contributed by atoms with van der Waals surface area (Å²) in [6, 6.07) is 21.6. The van der Waals surface area contributed by atoms with Crippen LogP contribution >= 0.6 is 15.9 Å². The van der Waals surface area contributed by atoms with Gasteiger partial charge in [0.05, 0.1) is 0 Å². The summed E-state index contributed by atoms with van der Waals surface area (Å²) in [5, 5.41) is 5.66. The molecule has 3 aromatic rings. The molecule has 0 aliphatic carbocycles. The maximum Gasteiger partial charge on any atom is 0.255 e. The number of nitrogens with one attached hydrogen (secondary N) is 2. The van der Waals surface area contributed by atoms with Crippen LogP contribution in [0, 0.1) is 6.92 Å². The molecule has 3 aromatic carbocycles. The fourth-order valence-corrected chi connectivity index (χ4v) is 2.90. The van der Waals surface area contributed by atoms with Gasteiger partial charge < -0.3 is 10.6 Å². The van der Waals surface area contributed by atoms with Gasteiger partial charge in [-0.05, 0) is 55.5 Å². The molecule has 0 aromatic heterocycles. The van der Waals surface area contributed by atoms with E-state index in [1.165, 1.54) is 0 Å². The van der Waals surface area contributed by atoms with Crippen molar-refractivity contribution in [3.05, 3.63) is 94.0 Å². The lowest BCUT2D eigenvalue weighted by molar-refractivity contribution is 0.101. The predicted octanol–water partition coefficient (Wildman–Crippen LogP) is 5.26. The van der Waals surface area contributed by atoms with Gasteiger partial charge in [-0.25, -0.2) is 0 Å². The van der Waals surface area contributed by atoms with Crippen LogP contribution in [-0.4, -0.2) is 11.8 Å². The largest absolute Gasteiger partial charge is 0.322 e. The lowest BCUT2D eigenvalue weighted by atomic mass is 10.1. The number of carbonyl (C=O) groups is 2. The van der Waals surface area contributed by atoms with Gasteiger partial charge in [-0.3, -0.25) is 9.59 Å². The first-order valence-corrected chi connectivity index (χ1v) is 8.85. The zero-order chi connectivity index (χ0) is 18.5. The molecule has 0 heterocycles. The van der Waals surface area contributed by atoms with Crippen molar-refractivity contribution in [1.82, 2.24) is 0 Å². The van der Waals surface area contributed by atoms with E-state index in [0.29, 0.717) is 22.5 Å². The highest BCUT2D eigenvalue weighted by Crippen LogP contribution is 2.18. The van der Waals surface area contributed by atoms with Crippen LogP contribution in [0.15, 0.2) is 77.3 Å². The minimum Gasteiger partial charge on any atom is -0.322 e.